The highest BCUT2D eigenvalue weighted by Gasteiger charge is 2.07. The molecule has 2 aromatic rings. The summed E-state index contributed by atoms with van der Waals surface area (Å²) in [5, 5.41) is 0. The van der Waals surface area contributed by atoms with Crippen molar-refractivity contribution in [1.82, 2.24) is 0 Å². The van der Waals surface area contributed by atoms with Gasteiger partial charge < -0.3 is 10.5 Å². The Kier molecular flexibility index (Phi) is 4.61. The van der Waals surface area contributed by atoms with E-state index in [4.69, 9.17) is 10.5 Å². The maximum atomic E-state index is 6.07. The first-order chi connectivity index (χ1) is 9.10. The summed E-state index contributed by atoms with van der Waals surface area (Å²) in [6.07, 6.45) is 0.813. The molecule has 0 aliphatic heterocycles. The highest BCUT2D eigenvalue weighted by Crippen LogP contribution is 2.31. The first kappa shape index (κ1) is 14.1. The molecule has 0 aromatic heterocycles. The second-order valence-electron chi connectivity index (χ2n) is 4.66. The maximum absolute atomic E-state index is 6.07. The lowest BCUT2D eigenvalue weighted by molar-refractivity contribution is 0.472. The molecule has 0 saturated heterocycles. The van der Waals surface area contributed by atoms with Crippen molar-refractivity contribution in [2.24, 2.45) is 5.73 Å². The van der Waals surface area contributed by atoms with Crippen LogP contribution in [0, 0.1) is 13.8 Å². The Balaban J connectivity index is 2.36. The van der Waals surface area contributed by atoms with Gasteiger partial charge in [-0.25, -0.2) is 0 Å². The first-order valence-corrected chi connectivity index (χ1v) is 7.13. The van der Waals surface area contributed by atoms with Crippen molar-refractivity contribution in [3.63, 3.8) is 0 Å². The molecule has 0 bridgehead atoms. The van der Waals surface area contributed by atoms with Gasteiger partial charge in [-0.3, -0.25) is 0 Å². The number of hydrogen-bond donors (Lipinski definition) is 1. The van der Waals surface area contributed by atoms with Crippen LogP contribution in [0.4, 0.5) is 0 Å². The molecule has 0 radical (unpaired) electrons. The van der Waals surface area contributed by atoms with Crippen molar-refractivity contribution in [3.8, 4) is 11.5 Å². The molecule has 2 N–H and O–H groups in total. The summed E-state index contributed by atoms with van der Waals surface area (Å²) < 4.78 is 7.08. The number of nitrogens with two attached hydrogens (primary N) is 1. The molecule has 3 heteroatoms. The van der Waals surface area contributed by atoms with E-state index in [1.807, 2.05) is 12.1 Å². The van der Waals surface area contributed by atoms with Gasteiger partial charge in [0, 0.05) is 4.47 Å². The van der Waals surface area contributed by atoms with E-state index in [0.717, 1.165) is 33.5 Å². The largest absolute Gasteiger partial charge is 0.457 e. The Morgan fingerprint density at radius 1 is 1.05 bits per heavy atom. The summed E-state index contributed by atoms with van der Waals surface area (Å²) in [6, 6.07) is 12.3. The molecule has 0 aliphatic rings. The summed E-state index contributed by atoms with van der Waals surface area (Å²) in [7, 11) is 0. The van der Waals surface area contributed by atoms with Crippen LogP contribution in [0.3, 0.4) is 0 Å². The second kappa shape index (κ2) is 6.22. The third-order valence-corrected chi connectivity index (χ3v) is 3.50. The van der Waals surface area contributed by atoms with Crippen molar-refractivity contribution in [2.75, 3.05) is 6.54 Å². The van der Waals surface area contributed by atoms with Crippen molar-refractivity contribution in [2.45, 2.75) is 20.3 Å². The number of aryl methyl sites for hydroxylation is 2. The number of rotatable bonds is 4. The van der Waals surface area contributed by atoms with Crippen LogP contribution in [-0.2, 0) is 6.42 Å². The van der Waals surface area contributed by atoms with Crippen molar-refractivity contribution in [1.29, 1.82) is 0 Å². The van der Waals surface area contributed by atoms with Crippen LogP contribution in [0.5, 0.6) is 11.5 Å². The molecule has 0 saturated carbocycles. The van der Waals surface area contributed by atoms with Gasteiger partial charge in [0.1, 0.15) is 11.5 Å². The van der Waals surface area contributed by atoms with E-state index in [1.54, 1.807) is 0 Å². The second-order valence-corrected chi connectivity index (χ2v) is 5.58. The van der Waals surface area contributed by atoms with Gasteiger partial charge in [-0.05, 0) is 61.7 Å². The van der Waals surface area contributed by atoms with Crippen LogP contribution in [0.1, 0.15) is 16.7 Å². The Hall–Kier alpha value is -1.32. The summed E-state index contributed by atoms with van der Waals surface area (Å²) in [5.74, 6) is 1.77. The Bertz CT molecular complexity index is 581. The van der Waals surface area contributed by atoms with Crippen LogP contribution in [0.15, 0.2) is 40.9 Å². The maximum Gasteiger partial charge on any atom is 0.131 e. The van der Waals surface area contributed by atoms with E-state index < -0.39 is 0 Å². The SMILES string of the molecule is Cc1ccc(C)c(Oc2cc(Br)ccc2CCN)c1. The van der Waals surface area contributed by atoms with E-state index in [-0.39, 0.29) is 0 Å². The van der Waals surface area contributed by atoms with E-state index in [0.29, 0.717) is 6.54 Å². The van der Waals surface area contributed by atoms with E-state index in [9.17, 15) is 0 Å². The minimum absolute atomic E-state index is 0.616. The number of ether oxygens (including phenoxy) is 1. The summed E-state index contributed by atoms with van der Waals surface area (Å²) in [4.78, 5) is 0. The fraction of sp³-hybridized carbons (Fsp3) is 0.250. The van der Waals surface area contributed by atoms with Gasteiger partial charge in [0.2, 0.25) is 0 Å². The zero-order valence-electron chi connectivity index (χ0n) is 11.2. The number of hydrogen-bond acceptors (Lipinski definition) is 2. The summed E-state index contributed by atoms with van der Waals surface area (Å²) in [6.45, 7) is 4.73. The first-order valence-electron chi connectivity index (χ1n) is 6.34. The Morgan fingerprint density at radius 3 is 2.58 bits per heavy atom. The molecule has 2 nitrogen and oxygen atoms in total. The van der Waals surface area contributed by atoms with Gasteiger partial charge in [0.25, 0.3) is 0 Å². The van der Waals surface area contributed by atoms with Gasteiger partial charge in [0.05, 0.1) is 0 Å². The Labute approximate surface area is 122 Å². The average molecular weight is 320 g/mol. The van der Waals surface area contributed by atoms with Crippen LogP contribution < -0.4 is 10.5 Å². The zero-order valence-corrected chi connectivity index (χ0v) is 12.8. The number of halogens is 1. The highest BCUT2D eigenvalue weighted by molar-refractivity contribution is 9.10. The van der Waals surface area contributed by atoms with Crippen LogP contribution >= 0.6 is 15.9 Å². The molecule has 100 valence electrons. The normalized spacial score (nSPS) is 10.5. The Morgan fingerprint density at radius 2 is 1.84 bits per heavy atom. The van der Waals surface area contributed by atoms with Crippen molar-refractivity contribution in [3.05, 3.63) is 57.6 Å². The lowest BCUT2D eigenvalue weighted by Gasteiger charge is -2.13. The van der Waals surface area contributed by atoms with Crippen LogP contribution in [0.2, 0.25) is 0 Å². The summed E-state index contributed by atoms with van der Waals surface area (Å²) in [5.41, 5.74) is 9.10. The van der Waals surface area contributed by atoms with Gasteiger partial charge in [0.15, 0.2) is 0 Å². The molecule has 0 heterocycles. The fourth-order valence-electron chi connectivity index (χ4n) is 1.92. The monoisotopic (exact) mass is 319 g/mol. The van der Waals surface area contributed by atoms with Gasteiger partial charge in [-0.15, -0.1) is 0 Å². The predicted octanol–water partition coefficient (Wildman–Crippen LogP) is 4.36. The summed E-state index contributed by atoms with van der Waals surface area (Å²) >= 11 is 3.48. The molecule has 0 amide bonds. The fourth-order valence-corrected chi connectivity index (χ4v) is 2.26. The predicted molar refractivity (Wildman–Crippen MR) is 82.9 cm³/mol. The van der Waals surface area contributed by atoms with E-state index in [1.165, 1.54) is 5.56 Å². The molecule has 19 heavy (non-hydrogen) atoms. The minimum atomic E-state index is 0.616. The van der Waals surface area contributed by atoms with E-state index in [2.05, 4.69) is 54.0 Å². The molecular weight excluding hydrogens is 302 g/mol. The van der Waals surface area contributed by atoms with Crippen LogP contribution in [0.25, 0.3) is 0 Å². The third kappa shape index (κ3) is 3.58. The smallest absolute Gasteiger partial charge is 0.131 e. The molecule has 0 unspecified atom stereocenters. The van der Waals surface area contributed by atoms with Crippen LogP contribution in [-0.4, -0.2) is 6.54 Å². The number of benzene rings is 2. The minimum Gasteiger partial charge on any atom is -0.457 e. The van der Waals surface area contributed by atoms with Crippen molar-refractivity contribution >= 4 is 15.9 Å². The zero-order chi connectivity index (χ0) is 13.8. The third-order valence-electron chi connectivity index (χ3n) is 3.01. The van der Waals surface area contributed by atoms with E-state index >= 15 is 0 Å². The standard InChI is InChI=1S/C16H18BrNO/c1-11-3-4-12(2)15(9-11)19-16-10-14(17)6-5-13(16)7-8-18/h3-6,9-10H,7-8,18H2,1-2H3. The van der Waals surface area contributed by atoms with Crippen molar-refractivity contribution < 1.29 is 4.74 Å². The molecule has 0 fully saturated rings. The molecule has 0 aliphatic carbocycles. The van der Waals surface area contributed by atoms with Gasteiger partial charge in [-0.1, -0.05) is 34.1 Å². The quantitative estimate of drug-likeness (QED) is 0.908. The molecule has 2 aromatic carbocycles. The molecule has 0 atom stereocenters. The highest BCUT2D eigenvalue weighted by atomic mass is 79.9. The lowest BCUT2D eigenvalue weighted by Crippen LogP contribution is -2.04. The molecule has 0 spiro atoms. The van der Waals surface area contributed by atoms with Gasteiger partial charge in [-0.2, -0.15) is 0 Å². The molecular formula is C16H18BrNO. The molecule has 2 rings (SSSR count). The lowest BCUT2D eigenvalue weighted by atomic mass is 10.1. The average Bonchev–Trinajstić information content (AvgIpc) is 2.37. The van der Waals surface area contributed by atoms with Gasteiger partial charge >= 0.3 is 0 Å². The topological polar surface area (TPSA) is 35.2 Å².